The average molecular weight is 427 g/mol. The average Bonchev–Trinajstić information content (AvgIpc) is 3.43. The maximum Gasteiger partial charge on any atom is 0.333 e. The van der Waals surface area contributed by atoms with Gasteiger partial charge in [-0.2, -0.15) is 18.0 Å². The van der Waals surface area contributed by atoms with Crippen molar-refractivity contribution in [1.29, 1.82) is 0 Å². The summed E-state index contributed by atoms with van der Waals surface area (Å²) in [5, 5.41) is 14.3. The van der Waals surface area contributed by atoms with Gasteiger partial charge in [-0.15, -0.1) is 0 Å². The van der Waals surface area contributed by atoms with Crippen LogP contribution in [0.25, 0.3) is 27.9 Å². The van der Waals surface area contributed by atoms with Crippen molar-refractivity contribution < 1.29 is 12.6 Å². The van der Waals surface area contributed by atoms with Gasteiger partial charge in [0.1, 0.15) is 11.5 Å². The third kappa shape index (κ3) is 3.89. The zero-order valence-corrected chi connectivity index (χ0v) is 17.0. The van der Waals surface area contributed by atoms with Gasteiger partial charge < -0.3 is 10.3 Å². The van der Waals surface area contributed by atoms with E-state index in [2.05, 4.69) is 27.4 Å². The monoisotopic (exact) mass is 426 g/mol. The molecule has 1 aromatic carbocycles. The molecule has 30 heavy (non-hydrogen) atoms. The minimum absolute atomic E-state index is 0.120. The van der Waals surface area contributed by atoms with Crippen LogP contribution in [0.2, 0.25) is 0 Å². The van der Waals surface area contributed by atoms with E-state index in [1.54, 1.807) is 10.7 Å². The Morgan fingerprint density at radius 1 is 1.23 bits per heavy atom. The van der Waals surface area contributed by atoms with Crippen LogP contribution in [0.3, 0.4) is 0 Å². The first-order valence-electron chi connectivity index (χ1n) is 9.81. The number of para-hydroxylation sites is 1. The molecule has 0 aliphatic heterocycles. The van der Waals surface area contributed by atoms with E-state index in [0.29, 0.717) is 0 Å². The van der Waals surface area contributed by atoms with Crippen LogP contribution in [-0.4, -0.2) is 40.6 Å². The van der Waals surface area contributed by atoms with Crippen molar-refractivity contribution in [1.82, 2.24) is 19.6 Å². The van der Waals surface area contributed by atoms with E-state index in [-0.39, 0.29) is 18.6 Å². The Labute approximate surface area is 173 Å². The van der Waals surface area contributed by atoms with E-state index in [9.17, 15) is 8.42 Å². The number of rotatable bonds is 6. The molecule has 3 aromatic heterocycles. The molecule has 0 radical (unpaired) electrons. The zero-order chi connectivity index (χ0) is 20.7. The summed E-state index contributed by atoms with van der Waals surface area (Å²) in [6, 6.07) is 14.2. The van der Waals surface area contributed by atoms with Crippen LogP contribution >= 0.6 is 0 Å². The van der Waals surface area contributed by atoms with Crippen LogP contribution in [0.1, 0.15) is 19.3 Å². The predicted octanol–water partition coefficient (Wildman–Crippen LogP) is 2.68. The van der Waals surface area contributed by atoms with Gasteiger partial charge in [-0.3, -0.25) is 4.18 Å². The summed E-state index contributed by atoms with van der Waals surface area (Å²) in [5.74, 6) is 0.998. The summed E-state index contributed by atoms with van der Waals surface area (Å²) in [5.41, 5.74) is 3.57. The van der Waals surface area contributed by atoms with Crippen molar-refractivity contribution in [3.8, 4) is 11.4 Å². The smallest absolute Gasteiger partial charge is 0.333 e. The molecule has 4 aromatic rings. The fraction of sp³-hybridized carbons (Fsp3) is 0.300. The van der Waals surface area contributed by atoms with Crippen molar-refractivity contribution in [2.75, 3.05) is 11.9 Å². The number of nitrogens with one attached hydrogen (secondary N) is 2. The Morgan fingerprint density at radius 2 is 2.10 bits per heavy atom. The maximum absolute atomic E-state index is 11.0. The molecule has 0 bridgehead atoms. The number of anilines is 1. The zero-order valence-electron chi connectivity index (χ0n) is 16.2. The molecule has 0 spiro atoms. The van der Waals surface area contributed by atoms with E-state index >= 15 is 0 Å². The van der Waals surface area contributed by atoms with E-state index in [4.69, 9.17) is 14.4 Å². The van der Waals surface area contributed by atoms with Crippen LogP contribution in [0.5, 0.6) is 0 Å². The molecule has 2 atom stereocenters. The summed E-state index contributed by atoms with van der Waals surface area (Å²) in [4.78, 5) is 7.83. The number of hydrogen-bond acceptors (Lipinski definition) is 6. The van der Waals surface area contributed by atoms with Crippen LogP contribution in [0.15, 0.2) is 48.7 Å². The molecule has 3 heterocycles. The number of hydrogen-bond donors (Lipinski definition) is 3. The SMILES string of the molecule is NS(=O)(=O)OCC1CCC(Nc2ccnc3cc(-c4cc5ccccc5[nH]4)nn23)C1. The van der Waals surface area contributed by atoms with Gasteiger partial charge in [0.25, 0.3) is 0 Å². The molecule has 1 aliphatic carbocycles. The second-order valence-electron chi connectivity index (χ2n) is 7.70. The molecule has 4 N–H and O–H groups in total. The Kier molecular flexibility index (Phi) is 4.69. The van der Waals surface area contributed by atoms with Crippen LogP contribution in [0.4, 0.5) is 5.82 Å². The number of H-pyrrole nitrogens is 1. The number of fused-ring (bicyclic) bond motifs is 2. The Hall–Kier alpha value is -2.95. The predicted molar refractivity (Wildman–Crippen MR) is 114 cm³/mol. The molecule has 10 heteroatoms. The molecule has 9 nitrogen and oxygen atoms in total. The van der Waals surface area contributed by atoms with Gasteiger partial charge in [-0.1, -0.05) is 18.2 Å². The molecule has 1 saturated carbocycles. The second-order valence-corrected chi connectivity index (χ2v) is 8.92. The van der Waals surface area contributed by atoms with Gasteiger partial charge in [-0.05, 0) is 43.4 Å². The summed E-state index contributed by atoms with van der Waals surface area (Å²) in [7, 11) is -3.90. The van der Waals surface area contributed by atoms with Gasteiger partial charge in [0.15, 0.2) is 5.65 Å². The minimum Gasteiger partial charge on any atom is -0.367 e. The highest BCUT2D eigenvalue weighted by atomic mass is 32.2. The van der Waals surface area contributed by atoms with Crippen molar-refractivity contribution >= 4 is 32.7 Å². The highest BCUT2D eigenvalue weighted by Crippen LogP contribution is 2.29. The summed E-state index contributed by atoms with van der Waals surface area (Å²) in [6.45, 7) is 0.120. The molecule has 0 saturated heterocycles. The normalized spacial score (nSPS) is 19.6. The number of benzene rings is 1. The van der Waals surface area contributed by atoms with Gasteiger partial charge in [0, 0.05) is 29.2 Å². The molecule has 1 fully saturated rings. The third-order valence-corrected chi connectivity index (χ3v) is 5.99. The summed E-state index contributed by atoms with van der Waals surface area (Å²) < 4.78 is 28.6. The first-order chi connectivity index (χ1) is 14.4. The van der Waals surface area contributed by atoms with Crippen LogP contribution in [-0.2, 0) is 14.5 Å². The Balaban J connectivity index is 1.36. The van der Waals surface area contributed by atoms with E-state index < -0.39 is 10.3 Å². The summed E-state index contributed by atoms with van der Waals surface area (Å²) in [6.07, 6.45) is 4.35. The molecular formula is C20H22N6O3S. The molecule has 5 rings (SSSR count). The van der Waals surface area contributed by atoms with Gasteiger partial charge in [-0.25, -0.2) is 10.1 Å². The highest BCUT2D eigenvalue weighted by Gasteiger charge is 2.26. The lowest BCUT2D eigenvalue weighted by molar-refractivity contribution is 0.256. The quantitative estimate of drug-likeness (QED) is 0.435. The maximum atomic E-state index is 11.0. The van der Waals surface area contributed by atoms with E-state index in [0.717, 1.165) is 53.0 Å². The number of nitrogens with two attached hydrogens (primary N) is 1. The Morgan fingerprint density at radius 3 is 2.93 bits per heavy atom. The van der Waals surface area contributed by atoms with Crippen molar-refractivity contribution in [3.63, 3.8) is 0 Å². The van der Waals surface area contributed by atoms with Gasteiger partial charge in [0.2, 0.25) is 0 Å². The topological polar surface area (TPSA) is 127 Å². The number of nitrogens with zero attached hydrogens (tertiary/aromatic N) is 3. The molecule has 0 amide bonds. The van der Waals surface area contributed by atoms with E-state index in [1.165, 1.54) is 0 Å². The van der Waals surface area contributed by atoms with Gasteiger partial charge in [0.05, 0.1) is 12.3 Å². The highest BCUT2D eigenvalue weighted by molar-refractivity contribution is 7.84. The lowest BCUT2D eigenvalue weighted by Crippen LogP contribution is -2.21. The first-order valence-corrected chi connectivity index (χ1v) is 11.3. The van der Waals surface area contributed by atoms with E-state index in [1.807, 2.05) is 30.3 Å². The Bertz CT molecular complexity index is 1280. The number of aromatic nitrogens is 4. The fourth-order valence-corrected chi connectivity index (χ4v) is 4.49. The first kappa shape index (κ1) is 19.0. The molecule has 156 valence electrons. The standard InChI is InChI=1S/C20H22N6O3S/c21-30(27,28)29-12-13-5-6-15(9-13)23-19-7-8-22-20-11-18(25-26(19)20)17-10-14-3-1-2-4-16(14)24-17/h1-4,7-8,10-11,13,15,23-24H,5-6,9,12H2,(H2,21,27,28). The summed E-state index contributed by atoms with van der Waals surface area (Å²) >= 11 is 0. The van der Waals surface area contributed by atoms with Crippen molar-refractivity contribution in [3.05, 3.63) is 48.7 Å². The number of aromatic amines is 1. The minimum atomic E-state index is -3.90. The van der Waals surface area contributed by atoms with Gasteiger partial charge >= 0.3 is 10.3 Å². The van der Waals surface area contributed by atoms with Crippen molar-refractivity contribution in [2.45, 2.75) is 25.3 Å². The van der Waals surface area contributed by atoms with Crippen molar-refractivity contribution in [2.24, 2.45) is 11.1 Å². The largest absolute Gasteiger partial charge is 0.367 e. The molecule has 2 unspecified atom stereocenters. The molecule has 1 aliphatic rings. The van der Waals surface area contributed by atoms with Crippen LogP contribution in [0, 0.1) is 5.92 Å². The lowest BCUT2D eigenvalue weighted by Gasteiger charge is -2.15. The second kappa shape index (κ2) is 7.38. The third-order valence-electron chi connectivity index (χ3n) is 5.53. The molecular weight excluding hydrogens is 404 g/mol. The lowest BCUT2D eigenvalue weighted by atomic mass is 10.1. The van der Waals surface area contributed by atoms with Crippen LogP contribution < -0.4 is 10.5 Å². The fourth-order valence-electron chi connectivity index (χ4n) is 4.11.